The van der Waals surface area contributed by atoms with Crippen molar-refractivity contribution in [3.63, 3.8) is 0 Å². The molecule has 0 aliphatic carbocycles. The first-order valence-electron chi connectivity index (χ1n) is 7.87. The summed E-state index contributed by atoms with van der Waals surface area (Å²) in [6, 6.07) is 3.94. The number of nitro benzene ring substituents is 1. The van der Waals surface area contributed by atoms with Gasteiger partial charge in [-0.3, -0.25) is 15.4 Å². The maximum absolute atomic E-state index is 13.9. The Balaban J connectivity index is 2.05. The number of carbonyl (C=O) groups is 1. The molecule has 1 N–H and O–H groups in total. The summed E-state index contributed by atoms with van der Waals surface area (Å²) in [7, 11) is 5.44. The molecule has 0 saturated heterocycles. The van der Waals surface area contributed by atoms with Crippen molar-refractivity contribution in [2.24, 2.45) is 0 Å². The molecule has 1 aromatic carbocycles. The molecule has 0 fully saturated rings. The molecule has 2 rings (SSSR count). The largest absolute Gasteiger partial charge is 0.436 e. The van der Waals surface area contributed by atoms with Crippen molar-refractivity contribution >= 4 is 17.5 Å². The van der Waals surface area contributed by atoms with Crippen molar-refractivity contribution in [2.75, 3.05) is 39.5 Å². The smallest absolute Gasteiger partial charge is 0.322 e. The normalized spacial score (nSPS) is 10.6. The van der Waals surface area contributed by atoms with E-state index in [1.165, 1.54) is 11.0 Å². The summed E-state index contributed by atoms with van der Waals surface area (Å²) in [5.41, 5.74) is -0.392. The third-order valence-corrected chi connectivity index (χ3v) is 3.45. The topological polar surface area (TPSA) is 114 Å². The van der Waals surface area contributed by atoms with E-state index in [1.54, 1.807) is 7.05 Å². The average Bonchev–Trinajstić information content (AvgIpc) is 2.61. The molecule has 0 atom stereocenters. The molecule has 0 aliphatic rings. The van der Waals surface area contributed by atoms with Gasteiger partial charge in [-0.15, -0.1) is 0 Å². The zero-order valence-corrected chi connectivity index (χ0v) is 15.0. The Morgan fingerprint density at radius 2 is 2.00 bits per heavy atom. The van der Waals surface area contributed by atoms with E-state index in [2.05, 4.69) is 15.3 Å². The number of hydrogen-bond donors (Lipinski definition) is 1. The molecule has 0 radical (unpaired) electrons. The Bertz CT molecular complexity index is 832. The summed E-state index contributed by atoms with van der Waals surface area (Å²) < 4.78 is 19.2. The molecule has 27 heavy (non-hydrogen) atoms. The highest BCUT2D eigenvalue weighted by Crippen LogP contribution is 2.27. The lowest BCUT2D eigenvalue weighted by Gasteiger charge is -2.19. The van der Waals surface area contributed by atoms with Gasteiger partial charge in [0, 0.05) is 32.3 Å². The van der Waals surface area contributed by atoms with Crippen molar-refractivity contribution < 1.29 is 18.8 Å². The van der Waals surface area contributed by atoms with Crippen molar-refractivity contribution in [2.45, 2.75) is 0 Å². The van der Waals surface area contributed by atoms with Crippen LogP contribution in [-0.2, 0) is 0 Å². The first-order valence-corrected chi connectivity index (χ1v) is 7.87. The summed E-state index contributed by atoms with van der Waals surface area (Å²) in [4.78, 5) is 33.2. The molecule has 2 aromatic rings. The van der Waals surface area contributed by atoms with Crippen LogP contribution in [0.25, 0.3) is 0 Å². The predicted molar refractivity (Wildman–Crippen MR) is 95.4 cm³/mol. The summed E-state index contributed by atoms with van der Waals surface area (Å²) in [5.74, 6) is -0.996. The summed E-state index contributed by atoms with van der Waals surface area (Å²) in [6.07, 6.45) is 1.15. The van der Waals surface area contributed by atoms with E-state index in [9.17, 15) is 19.3 Å². The van der Waals surface area contributed by atoms with Crippen LogP contribution in [0.1, 0.15) is 0 Å². The second kappa shape index (κ2) is 8.85. The molecule has 10 nitrogen and oxygen atoms in total. The number of anilines is 1. The third-order valence-electron chi connectivity index (χ3n) is 3.45. The van der Waals surface area contributed by atoms with Gasteiger partial charge in [0.05, 0.1) is 11.0 Å². The maximum Gasteiger partial charge on any atom is 0.322 e. The summed E-state index contributed by atoms with van der Waals surface area (Å²) in [6.45, 7) is 1.21. The number of halogens is 1. The number of amides is 2. The molecule has 1 heterocycles. The van der Waals surface area contributed by atoms with E-state index in [0.29, 0.717) is 13.1 Å². The molecule has 0 saturated carbocycles. The molecule has 0 bridgehead atoms. The van der Waals surface area contributed by atoms with E-state index in [4.69, 9.17) is 4.74 Å². The molecule has 0 unspecified atom stereocenters. The monoisotopic (exact) mass is 378 g/mol. The summed E-state index contributed by atoms with van der Waals surface area (Å²) >= 11 is 0. The first kappa shape index (κ1) is 20.0. The van der Waals surface area contributed by atoms with Gasteiger partial charge >= 0.3 is 6.03 Å². The van der Waals surface area contributed by atoms with Crippen molar-refractivity contribution in [1.29, 1.82) is 0 Å². The van der Waals surface area contributed by atoms with Crippen LogP contribution in [0.3, 0.4) is 0 Å². The fourth-order valence-electron chi connectivity index (χ4n) is 1.92. The average molecular weight is 378 g/mol. The number of nitro groups is 1. The Hall–Kier alpha value is -3.34. The van der Waals surface area contributed by atoms with Crippen LogP contribution < -0.4 is 10.1 Å². The Labute approximate surface area is 154 Å². The van der Waals surface area contributed by atoms with Gasteiger partial charge in [-0.05, 0) is 20.2 Å². The fraction of sp³-hybridized carbons (Fsp3) is 0.312. The molecule has 1 aromatic heterocycles. The second-order valence-corrected chi connectivity index (χ2v) is 5.87. The first-order chi connectivity index (χ1) is 12.8. The Kier molecular flexibility index (Phi) is 6.55. The predicted octanol–water partition coefficient (Wildman–Crippen LogP) is 2.34. The Morgan fingerprint density at radius 3 is 2.63 bits per heavy atom. The second-order valence-electron chi connectivity index (χ2n) is 5.87. The molecular weight excluding hydrogens is 359 g/mol. The van der Waals surface area contributed by atoms with Crippen LogP contribution in [0.5, 0.6) is 11.6 Å². The van der Waals surface area contributed by atoms with Crippen LogP contribution >= 0.6 is 0 Å². The fourth-order valence-corrected chi connectivity index (χ4v) is 1.92. The Morgan fingerprint density at radius 1 is 1.26 bits per heavy atom. The zero-order chi connectivity index (χ0) is 20.0. The molecule has 2 amide bonds. The standard InChI is InChI=1S/C16H19FN6O4/c1-21(2)6-7-22(3)16(24)20-14-9-15(19-10-18-14)27-13-5-4-11(23(25)26)8-12(13)17/h4-5,8-10H,6-7H2,1-3H3,(H,18,19,20,24). The van der Waals surface area contributed by atoms with E-state index >= 15 is 0 Å². The SMILES string of the molecule is CN(C)CCN(C)C(=O)Nc1cc(Oc2ccc([N+](=O)[O-])cc2F)ncn1. The number of likely N-dealkylation sites (N-methyl/N-ethyl adjacent to an activating group) is 2. The van der Waals surface area contributed by atoms with E-state index in [-0.39, 0.29) is 23.5 Å². The number of hydrogen-bond acceptors (Lipinski definition) is 7. The third kappa shape index (κ3) is 5.85. The number of nitrogens with one attached hydrogen (secondary N) is 1. The zero-order valence-electron chi connectivity index (χ0n) is 15.0. The molecule has 11 heteroatoms. The minimum absolute atomic E-state index is 0.0241. The summed E-state index contributed by atoms with van der Waals surface area (Å²) in [5, 5.41) is 13.2. The number of urea groups is 1. The van der Waals surface area contributed by atoms with Crippen LogP contribution in [0, 0.1) is 15.9 Å². The van der Waals surface area contributed by atoms with Crippen LogP contribution in [0.2, 0.25) is 0 Å². The van der Waals surface area contributed by atoms with Gasteiger partial charge in [-0.2, -0.15) is 0 Å². The number of nitrogens with zero attached hydrogens (tertiary/aromatic N) is 5. The van der Waals surface area contributed by atoms with Gasteiger partial charge in [0.25, 0.3) is 5.69 Å². The number of ether oxygens (including phenoxy) is 1. The van der Waals surface area contributed by atoms with E-state index < -0.39 is 16.4 Å². The highest BCUT2D eigenvalue weighted by Gasteiger charge is 2.14. The van der Waals surface area contributed by atoms with Gasteiger partial charge in [-0.25, -0.2) is 19.2 Å². The van der Waals surface area contributed by atoms with Gasteiger partial charge in [0.15, 0.2) is 11.6 Å². The van der Waals surface area contributed by atoms with Gasteiger partial charge < -0.3 is 14.5 Å². The van der Waals surface area contributed by atoms with Gasteiger partial charge in [0.1, 0.15) is 12.1 Å². The maximum atomic E-state index is 13.9. The van der Waals surface area contributed by atoms with Crippen molar-refractivity contribution in [3.8, 4) is 11.6 Å². The van der Waals surface area contributed by atoms with E-state index in [0.717, 1.165) is 24.5 Å². The lowest BCUT2D eigenvalue weighted by atomic mass is 10.3. The lowest BCUT2D eigenvalue weighted by molar-refractivity contribution is -0.385. The van der Waals surface area contributed by atoms with Crippen molar-refractivity contribution in [3.05, 3.63) is 46.5 Å². The van der Waals surface area contributed by atoms with Gasteiger partial charge in [0.2, 0.25) is 5.88 Å². The highest BCUT2D eigenvalue weighted by atomic mass is 19.1. The quantitative estimate of drug-likeness (QED) is 0.581. The van der Waals surface area contributed by atoms with Gasteiger partial charge in [-0.1, -0.05) is 0 Å². The van der Waals surface area contributed by atoms with Crippen LogP contribution in [0.4, 0.5) is 20.7 Å². The van der Waals surface area contributed by atoms with Crippen LogP contribution in [-0.4, -0.2) is 65.0 Å². The minimum Gasteiger partial charge on any atom is -0.436 e. The van der Waals surface area contributed by atoms with Crippen molar-refractivity contribution in [1.82, 2.24) is 19.8 Å². The molecular formula is C16H19FN6O4. The number of aromatic nitrogens is 2. The van der Waals surface area contributed by atoms with Crippen LogP contribution in [0.15, 0.2) is 30.6 Å². The number of benzene rings is 1. The number of rotatable bonds is 7. The van der Waals surface area contributed by atoms with E-state index in [1.807, 2.05) is 19.0 Å². The molecule has 0 spiro atoms. The highest BCUT2D eigenvalue weighted by molar-refractivity contribution is 5.88. The lowest BCUT2D eigenvalue weighted by Crippen LogP contribution is -2.36. The minimum atomic E-state index is -0.906. The number of carbonyl (C=O) groups excluding carboxylic acids is 1. The molecule has 0 aliphatic heterocycles. The number of non-ortho nitro benzene ring substituents is 1. The molecule has 144 valence electrons.